The molecule has 0 fully saturated rings. The van der Waals surface area contributed by atoms with Crippen LogP contribution in [0.25, 0.3) is 138 Å². The fourth-order valence-corrected chi connectivity index (χ4v) is 11.9. The van der Waals surface area contributed by atoms with E-state index >= 15 is 0 Å². The van der Waals surface area contributed by atoms with Gasteiger partial charge >= 0.3 is 0 Å². The molecule has 0 radical (unpaired) electrons. The number of nitrogens with one attached hydrogen (secondary N) is 4. The second kappa shape index (κ2) is 21.9. The first-order chi connectivity index (χ1) is 39.3. The molecule has 0 saturated carbocycles. The molecule has 4 aliphatic rings. The summed E-state index contributed by atoms with van der Waals surface area (Å²) in [5.41, 5.74) is 23.4. The summed E-state index contributed by atoms with van der Waals surface area (Å²) in [5, 5.41) is 0. The van der Waals surface area contributed by atoms with Gasteiger partial charge in [-0.2, -0.15) is 0 Å². The van der Waals surface area contributed by atoms with E-state index in [0.717, 1.165) is 173 Å². The van der Waals surface area contributed by atoms with Gasteiger partial charge in [-0.15, -0.1) is 0 Å². The Morgan fingerprint density at radius 2 is 0.775 bits per heavy atom. The standard InChI is InChI=1S/C68H66N12/c1-5-7-9-11-13-18-49-51-28-32-57(75-51)63(55-24-20-45(71-55)41-47-22-26-59(73-47)65(61-34-30-53(49)77-61)67-69-36-38-79(67)3)43-16-15-17-44(40-43)64-56-25-21-46(72-56)42-48-23-27-60(74-48)66(68-70-37-39-80(68)4)62-35-31-54(78-62)50(19-14-12-10-8-6-2)52-29-33-58(64)76-52/h15-17,20-42,71-72,77-78H,5-14,18-19H2,1-4H3. The smallest absolute Gasteiger partial charge is 0.143 e. The Morgan fingerprint density at radius 3 is 1.23 bits per heavy atom. The lowest BCUT2D eigenvalue weighted by molar-refractivity contribution is 0.632. The number of nitrogens with zero attached hydrogens (tertiary/aromatic N) is 8. The van der Waals surface area contributed by atoms with E-state index < -0.39 is 0 Å². The molecule has 0 saturated heterocycles. The molecule has 0 atom stereocenters. The second-order valence-corrected chi connectivity index (χ2v) is 21.5. The van der Waals surface area contributed by atoms with Gasteiger partial charge in [0.15, 0.2) is 0 Å². The summed E-state index contributed by atoms with van der Waals surface area (Å²) in [6, 6.07) is 30.5. The van der Waals surface area contributed by atoms with E-state index in [4.69, 9.17) is 29.9 Å². The summed E-state index contributed by atoms with van der Waals surface area (Å²) in [6.45, 7) is 4.54. The van der Waals surface area contributed by atoms with E-state index in [1.165, 1.54) is 49.7 Å². The number of imidazole rings is 2. The highest BCUT2D eigenvalue weighted by molar-refractivity contribution is 5.97. The highest BCUT2D eigenvalue weighted by atomic mass is 15.0. The van der Waals surface area contributed by atoms with Crippen molar-refractivity contribution in [3.05, 3.63) is 166 Å². The molecule has 12 heteroatoms. The van der Waals surface area contributed by atoms with Crippen molar-refractivity contribution >= 4 is 92.7 Å². The monoisotopic (exact) mass is 1050 g/mol. The summed E-state index contributed by atoms with van der Waals surface area (Å²) in [5.74, 6) is 1.70. The van der Waals surface area contributed by atoms with Gasteiger partial charge < -0.3 is 29.1 Å². The largest absolute Gasteiger partial charge is 0.355 e. The number of fused-ring (bicyclic) bond motifs is 16. The number of H-pyrrole nitrogens is 4. The molecule has 16 bridgehead atoms. The fraction of sp³-hybridized carbons (Fsp3) is 0.235. The van der Waals surface area contributed by atoms with E-state index in [2.05, 4.69) is 176 Å². The van der Waals surface area contributed by atoms with E-state index in [-0.39, 0.29) is 0 Å². The van der Waals surface area contributed by atoms with E-state index in [0.29, 0.717) is 0 Å². The maximum absolute atomic E-state index is 5.60. The minimum absolute atomic E-state index is 0.850. The van der Waals surface area contributed by atoms with Gasteiger partial charge in [-0.1, -0.05) is 83.4 Å². The molecule has 12 nitrogen and oxygen atoms in total. The van der Waals surface area contributed by atoms with Crippen molar-refractivity contribution in [2.75, 3.05) is 0 Å². The van der Waals surface area contributed by atoms with Crippen molar-refractivity contribution in [2.45, 2.75) is 90.9 Å². The fourth-order valence-electron chi connectivity index (χ4n) is 11.9. The highest BCUT2D eigenvalue weighted by Gasteiger charge is 2.21. The average molecular weight is 1050 g/mol. The Kier molecular flexibility index (Phi) is 13.8. The van der Waals surface area contributed by atoms with Crippen LogP contribution in [0.3, 0.4) is 0 Å². The van der Waals surface area contributed by atoms with Gasteiger partial charge in [-0.05, 0) is 152 Å². The van der Waals surface area contributed by atoms with Gasteiger partial charge in [0.25, 0.3) is 0 Å². The van der Waals surface area contributed by atoms with Crippen LogP contribution in [0.5, 0.6) is 0 Å². The maximum Gasteiger partial charge on any atom is 0.143 e. The third-order valence-corrected chi connectivity index (χ3v) is 16.0. The number of unbranched alkanes of at least 4 members (excludes halogenated alkanes) is 8. The zero-order valence-electron chi connectivity index (χ0n) is 46.1. The van der Waals surface area contributed by atoms with Gasteiger partial charge in [-0.3, -0.25) is 0 Å². The Balaban J connectivity index is 1.02. The van der Waals surface area contributed by atoms with Crippen molar-refractivity contribution in [1.82, 2.24) is 59.0 Å². The van der Waals surface area contributed by atoms with Gasteiger partial charge in [0.1, 0.15) is 11.6 Å². The molecule has 0 amide bonds. The third kappa shape index (κ3) is 9.91. The molecule has 0 unspecified atom stereocenters. The molecule has 0 aliphatic carbocycles. The summed E-state index contributed by atoms with van der Waals surface area (Å²) < 4.78 is 4.12. The lowest BCUT2D eigenvalue weighted by atomic mass is 9.97. The number of aryl methyl sites for hydroxylation is 4. The van der Waals surface area contributed by atoms with Crippen molar-refractivity contribution in [1.29, 1.82) is 0 Å². The molecule has 9 aromatic rings. The summed E-state index contributed by atoms with van der Waals surface area (Å²) >= 11 is 0. The maximum atomic E-state index is 5.60. The van der Waals surface area contributed by atoms with Gasteiger partial charge in [0.05, 0.1) is 67.7 Å². The van der Waals surface area contributed by atoms with E-state index in [9.17, 15) is 0 Å². The molecule has 4 aliphatic heterocycles. The van der Waals surface area contributed by atoms with Crippen LogP contribution < -0.4 is 0 Å². The first-order valence-corrected chi connectivity index (χ1v) is 28.7. The van der Waals surface area contributed by atoms with Crippen LogP contribution in [-0.2, 0) is 26.9 Å². The SMILES string of the molecule is CCCCCCCc1c2nc(c(-c3cccc(-c4c5nc(c(CCCCCCC)c6ccc([nH]6)c(-c6nccn6C)c6nc(cc7ccc4[nH]7)C=C6)C=C5)c3)c3ccc(cc4nc(c(-c5nccn5C)c5ccc1[nH]5)C=C4)[nH]3)C=C2. The van der Waals surface area contributed by atoms with Gasteiger partial charge in [0, 0.05) is 94.2 Å². The number of aromatic amines is 4. The van der Waals surface area contributed by atoms with Crippen LogP contribution in [0.2, 0.25) is 0 Å². The summed E-state index contributed by atoms with van der Waals surface area (Å²) in [6.07, 6.45) is 38.4. The predicted molar refractivity (Wildman–Crippen MR) is 331 cm³/mol. The first-order valence-electron chi connectivity index (χ1n) is 28.7. The number of benzene rings is 1. The second-order valence-electron chi connectivity index (χ2n) is 21.5. The minimum Gasteiger partial charge on any atom is -0.355 e. The molecular formula is C68H66N12. The Labute approximate surface area is 466 Å². The van der Waals surface area contributed by atoms with Crippen LogP contribution in [0, 0.1) is 0 Å². The predicted octanol–water partition coefficient (Wildman–Crippen LogP) is 16.8. The normalized spacial score (nSPS) is 12.7. The lowest BCUT2D eigenvalue weighted by Crippen LogP contribution is -1.95. The van der Waals surface area contributed by atoms with Crippen LogP contribution >= 0.6 is 0 Å². The molecule has 8 aromatic heterocycles. The van der Waals surface area contributed by atoms with Gasteiger partial charge in [-0.25, -0.2) is 29.9 Å². The van der Waals surface area contributed by atoms with Crippen LogP contribution in [0.15, 0.2) is 110 Å². The average Bonchev–Trinajstić information content (AvgIpc) is 4.37. The molecule has 4 N–H and O–H groups in total. The molecular weight excluding hydrogens is 985 g/mol. The molecule has 0 spiro atoms. The lowest BCUT2D eigenvalue weighted by Gasteiger charge is -2.09. The van der Waals surface area contributed by atoms with Crippen molar-refractivity contribution in [3.8, 4) is 45.0 Å². The van der Waals surface area contributed by atoms with Crippen LogP contribution in [0.4, 0.5) is 0 Å². The van der Waals surface area contributed by atoms with Crippen molar-refractivity contribution in [2.24, 2.45) is 14.1 Å². The van der Waals surface area contributed by atoms with Crippen LogP contribution in [0.1, 0.15) is 135 Å². The Morgan fingerprint density at radius 1 is 0.375 bits per heavy atom. The molecule has 13 rings (SSSR count). The quantitative estimate of drug-likeness (QED) is 0.0708. The number of hydrogen-bond acceptors (Lipinski definition) is 6. The molecule has 398 valence electrons. The minimum atomic E-state index is 0.850. The Bertz CT molecular complexity index is 4050. The van der Waals surface area contributed by atoms with E-state index in [1.54, 1.807) is 0 Å². The Hall–Kier alpha value is -9.16. The molecule has 12 heterocycles. The number of hydrogen-bond donors (Lipinski definition) is 4. The topological polar surface area (TPSA) is 150 Å². The first kappa shape index (κ1) is 50.4. The highest BCUT2D eigenvalue weighted by Crippen LogP contribution is 2.38. The van der Waals surface area contributed by atoms with Crippen LogP contribution in [-0.4, -0.2) is 59.0 Å². The molecule has 1 aromatic carbocycles. The van der Waals surface area contributed by atoms with Crippen molar-refractivity contribution in [3.63, 3.8) is 0 Å². The molecule has 80 heavy (non-hydrogen) atoms. The zero-order valence-corrected chi connectivity index (χ0v) is 46.1. The number of aromatic nitrogens is 12. The summed E-state index contributed by atoms with van der Waals surface area (Å²) in [4.78, 5) is 46.6. The third-order valence-electron chi connectivity index (χ3n) is 16.0. The number of rotatable bonds is 16. The van der Waals surface area contributed by atoms with Gasteiger partial charge in [0.2, 0.25) is 0 Å². The van der Waals surface area contributed by atoms with E-state index in [1.807, 2.05) is 38.9 Å². The summed E-state index contributed by atoms with van der Waals surface area (Å²) in [7, 11) is 4.07. The zero-order chi connectivity index (χ0) is 54.1. The van der Waals surface area contributed by atoms with Crippen molar-refractivity contribution < 1.29 is 0 Å².